The number of phenols is 2. The minimum atomic E-state index is -1.24. The smallest absolute Gasteiger partial charge is 0.326 e. The molecule has 0 bridgehead atoms. The number of phenolic OH excluding ortho intramolecular Hbond substituents is 2. The molecule has 0 spiro atoms. The van der Waals surface area contributed by atoms with Crippen LogP contribution in [0.3, 0.4) is 0 Å². The summed E-state index contributed by atoms with van der Waals surface area (Å²) in [4.78, 5) is 82.5. The van der Waals surface area contributed by atoms with Gasteiger partial charge in [0.25, 0.3) is 0 Å². The standard InChI is InChI=1S/C38H57N9O9/c1-21(2)16-28(46-36(54)30(19-24-9-13-26(49)14-10-24)45-33(51)27(39)6-5-15-42-38(40)41)34(52)43-20-32(50)44-29(18-23-7-11-25(48)12-8-23)35(53)47-31(37(55)56)17-22(3)4/h7-14,21-22,27-31,48-49H,5-6,15-20,39H2,1-4H3,(H,43,52)(H,44,50)(H,45,51)(H,46,54)(H,47,53)(H,55,56)(H4,40,41,42). The van der Waals surface area contributed by atoms with Crippen LogP contribution in [0.2, 0.25) is 0 Å². The van der Waals surface area contributed by atoms with Gasteiger partial charge in [0, 0.05) is 19.4 Å². The van der Waals surface area contributed by atoms with Crippen molar-refractivity contribution >= 4 is 41.5 Å². The lowest BCUT2D eigenvalue weighted by Crippen LogP contribution is -2.57. The Balaban J connectivity index is 2.20. The summed E-state index contributed by atoms with van der Waals surface area (Å²) in [5.74, 6) is -5.07. The molecule has 0 aliphatic rings. The number of carbonyl (C=O) groups is 6. The van der Waals surface area contributed by atoms with Crippen molar-refractivity contribution < 1.29 is 44.1 Å². The highest BCUT2D eigenvalue weighted by molar-refractivity contribution is 5.95. The van der Waals surface area contributed by atoms with Gasteiger partial charge in [0.1, 0.15) is 35.7 Å². The number of aliphatic carboxylic acids is 1. The molecule has 0 aromatic heterocycles. The van der Waals surface area contributed by atoms with Crippen LogP contribution in [-0.4, -0.2) is 100 Å². The van der Waals surface area contributed by atoms with Gasteiger partial charge in [-0.15, -0.1) is 0 Å². The number of hydrogen-bond donors (Lipinski definition) is 11. The number of amides is 5. The third kappa shape index (κ3) is 17.5. The fraction of sp³-hybridized carbons (Fsp3) is 0.500. The predicted octanol–water partition coefficient (Wildman–Crippen LogP) is -0.504. The maximum atomic E-state index is 13.7. The van der Waals surface area contributed by atoms with E-state index in [0.717, 1.165) is 0 Å². The van der Waals surface area contributed by atoms with Gasteiger partial charge < -0.3 is 59.1 Å². The first-order chi connectivity index (χ1) is 26.3. The summed E-state index contributed by atoms with van der Waals surface area (Å²) in [7, 11) is 0. The van der Waals surface area contributed by atoms with E-state index in [1.807, 2.05) is 13.8 Å². The molecule has 0 aliphatic heterocycles. The highest BCUT2D eigenvalue weighted by Gasteiger charge is 2.31. The molecule has 2 aromatic rings. The highest BCUT2D eigenvalue weighted by Crippen LogP contribution is 2.14. The van der Waals surface area contributed by atoms with Gasteiger partial charge in [-0.2, -0.15) is 0 Å². The molecule has 2 rings (SSSR count). The molecule has 308 valence electrons. The molecule has 18 nitrogen and oxygen atoms in total. The normalized spacial score (nSPS) is 13.7. The Morgan fingerprint density at radius 2 is 1.09 bits per heavy atom. The number of guanidine groups is 1. The minimum Gasteiger partial charge on any atom is -0.508 e. The average molecular weight is 784 g/mol. The monoisotopic (exact) mass is 783 g/mol. The molecular weight excluding hydrogens is 726 g/mol. The van der Waals surface area contributed by atoms with Crippen LogP contribution in [0.25, 0.3) is 0 Å². The number of nitrogens with one attached hydrogen (secondary N) is 5. The van der Waals surface area contributed by atoms with Crippen molar-refractivity contribution in [1.82, 2.24) is 26.6 Å². The minimum absolute atomic E-state index is 0.00201. The van der Waals surface area contributed by atoms with Gasteiger partial charge >= 0.3 is 5.97 Å². The number of carboxylic acids is 1. The lowest BCUT2D eigenvalue weighted by Gasteiger charge is -2.25. The maximum absolute atomic E-state index is 13.7. The predicted molar refractivity (Wildman–Crippen MR) is 209 cm³/mol. The molecule has 56 heavy (non-hydrogen) atoms. The van der Waals surface area contributed by atoms with Gasteiger partial charge in [0.05, 0.1) is 12.6 Å². The van der Waals surface area contributed by atoms with Crippen molar-refractivity contribution in [3.8, 4) is 11.5 Å². The van der Waals surface area contributed by atoms with E-state index in [-0.39, 0.29) is 67.9 Å². The van der Waals surface area contributed by atoms with Crippen LogP contribution in [0.4, 0.5) is 0 Å². The summed E-state index contributed by atoms with van der Waals surface area (Å²) in [5.41, 5.74) is 17.9. The lowest BCUT2D eigenvalue weighted by atomic mass is 10.0. The molecule has 0 aliphatic carbocycles. The number of carbonyl (C=O) groups excluding carboxylic acids is 5. The fourth-order valence-electron chi connectivity index (χ4n) is 5.56. The molecule has 5 atom stereocenters. The number of nitrogens with zero attached hydrogens (tertiary/aromatic N) is 1. The van der Waals surface area contributed by atoms with Crippen molar-refractivity contribution in [1.29, 1.82) is 0 Å². The van der Waals surface area contributed by atoms with E-state index in [0.29, 0.717) is 17.5 Å². The Labute approximate surface area is 326 Å². The van der Waals surface area contributed by atoms with Gasteiger partial charge in [0.15, 0.2) is 5.96 Å². The Morgan fingerprint density at radius 3 is 1.55 bits per heavy atom. The quantitative estimate of drug-likeness (QED) is 0.0386. The maximum Gasteiger partial charge on any atom is 0.326 e. The third-order valence-corrected chi connectivity index (χ3v) is 8.43. The van der Waals surface area contributed by atoms with Crippen molar-refractivity contribution in [3.05, 3.63) is 59.7 Å². The van der Waals surface area contributed by atoms with Crippen LogP contribution in [-0.2, 0) is 41.6 Å². The Morgan fingerprint density at radius 1 is 0.643 bits per heavy atom. The molecule has 0 heterocycles. The van der Waals surface area contributed by atoms with Crippen molar-refractivity contribution in [2.45, 2.75) is 96.4 Å². The van der Waals surface area contributed by atoms with Gasteiger partial charge in [-0.05, 0) is 72.9 Å². The van der Waals surface area contributed by atoms with Gasteiger partial charge in [-0.1, -0.05) is 52.0 Å². The first-order valence-corrected chi connectivity index (χ1v) is 18.4. The Kier molecular flexibility index (Phi) is 19.1. The van der Waals surface area contributed by atoms with Crippen molar-refractivity contribution in [2.75, 3.05) is 13.1 Å². The van der Waals surface area contributed by atoms with E-state index in [2.05, 4.69) is 31.6 Å². The number of rotatable bonds is 23. The number of aromatic hydroxyl groups is 2. The largest absolute Gasteiger partial charge is 0.508 e. The Hall–Kier alpha value is -5.91. The molecule has 14 N–H and O–H groups in total. The average Bonchev–Trinajstić information content (AvgIpc) is 3.12. The molecule has 5 amide bonds. The molecule has 0 saturated heterocycles. The SMILES string of the molecule is CC(C)CC(NC(=O)C(Cc1ccc(O)cc1)NC(=O)CNC(=O)C(CC(C)C)NC(=O)C(Cc1ccc(O)cc1)NC(=O)C(N)CCCN=C(N)N)C(=O)O. The summed E-state index contributed by atoms with van der Waals surface area (Å²) in [6.45, 7) is 6.91. The van der Waals surface area contributed by atoms with Crippen LogP contribution in [0.5, 0.6) is 11.5 Å². The van der Waals surface area contributed by atoms with E-state index in [1.54, 1.807) is 38.1 Å². The number of nitrogens with two attached hydrogens (primary N) is 3. The second kappa shape index (κ2) is 23.1. The Bertz CT molecular complexity index is 1650. The second-order valence-corrected chi connectivity index (χ2v) is 14.4. The van der Waals surface area contributed by atoms with E-state index in [1.165, 1.54) is 24.3 Å². The van der Waals surface area contributed by atoms with Gasteiger partial charge in [0.2, 0.25) is 29.5 Å². The molecule has 18 heteroatoms. The summed E-state index contributed by atoms with van der Waals surface area (Å²) in [6.07, 6.45) is 0.844. The second-order valence-electron chi connectivity index (χ2n) is 14.4. The molecule has 5 unspecified atom stereocenters. The molecule has 0 radical (unpaired) electrons. The van der Waals surface area contributed by atoms with Crippen molar-refractivity contribution in [3.63, 3.8) is 0 Å². The number of benzene rings is 2. The summed E-state index contributed by atoms with van der Waals surface area (Å²) in [5, 5.41) is 41.9. The molecular formula is C38H57N9O9. The first kappa shape index (κ1) is 46.2. The summed E-state index contributed by atoms with van der Waals surface area (Å²) < 4.78 is 0. The molecule has 0 saturated carbocycles. The van der Waals surface area contributed by atoms with Gasteiger partial charge in [-0.3, -0.25) is 29.0 Å². The van der Waals surface area contributed by atoms with Crippen LogP contribution in [0, 0.1) is 11.8 Å². The molecule has 2 aromatic carbocycles. The third-order valence-electron chi connectivity index (χ3n) is 8.43. The zero-order chi connectivity index (χ0) is 41.9. The zero-order valence-corrected chi connectivity index (χ0v) is 32.3. The van der Waals surface area contributed by atoms with E-state index < -0.39 is 72.3 Å². The summed E-state index contributed by atoms with van der Waals surface area (Å²) >= 11 is 0. The van der Waals surface area contributed by atoms with Crippen LogP contribution >= 0.6 is 0 Å². The van der Waals surface area contributed by atoms with E-state index in [9.17, 15) is 44.1 Å². The van der Waals surface area contributed by atoms with Crippen LogP contribution < -0.4 is 43.8 Å². The van der Waals surface area contributed by atoms with E-state index >= 15 is 0 Å². The van der Waals surface area contributed by atoms with Gasteiger partial charge in [-0.25, -0.2) is 4.79 Å². The first-order valence-electron chi connectivity index (χ1n) is 18.4. The zero-order valence-electron chi connectivity index (χ0n) is 32.3. The highest BCUT2D eigenvalue weighted by atomic mass is 16.4. The fourth-order valence-corrected chi connectivity index (χ4v) is 5.56. The molecule has 0 fully saturated rings. The summed E-state index contributed by atoms with van der Waals surface area (Å²) in [6, 6.07) is 6.12. The number of hydrogen-bond acceptors (Lipinski definition) is 10. The topological polar surface area (TPSA) is 314 Å². The number of carboxylic acid groups (broad SMARTS) is 1. The van der Waals surface area contributed by atoms with Crippen LogP contribution in [0.1, 0.15) is 64.5 Å². The van der Waals surface area contributed by atoms with Crippen LogP contribution in [0.15, 0.2) is 53.5 Å². The lowest BCUT2D eigenvalue weighted by molar-refractivity contribution is -0.142. The number of aliphatic imine (C=N–C) groups is 1. The van der Waals surface area contributed by atoms with E-state index in [4.69, 9.17) is 17.2 Å². The van der Waals surface area contributed by atoms with Crippen molar-refractivity contribution in [2.24, 2.45) is 34.0 Å².